The number of halogens is 1. The maximum absolute atomic E-state index is 12.1. The zero-order chi connectivity index (χ0) is 14.7. The van der Waals surface area contributed by atoms with Crippen LogP contribution in [0.25, 0.3) is 0 Å². The number of hydrogen-bond acceptors (Lipinski definition) is 3. The SMILES string of the molecule is Cc1cc(O)ccc1C(=O)Nc1ccc(C#N)cc1Cl. The van der Waals surface area contributed by atoms with Crippen molar-refractivity contribution in [2.24, 2.45) is 0 Å². The molecule has 0 unspecified atom stereocenters. The minimum absolute atomic E-state index is 0.107. The van der Waals surface area contributed by atoms with Crippen molar-refractivity contribution in [3.05, 3.63) is 58.1 Å². The highest BCUT2D eigenvalue weighted by Gasteiger charge is 2.11. The molecule has 0 atom stereocenters. The van der Waals surface area contributed by atoms with Crippen LogP contribution in [0.3, 0.4) is 0 Å². The van der Waals surface area contributed by atoms with Gasteiger partial charge in [0.2, 0.25) is 0 Å². The average molecular weight is 287 g/mol. The Morgan fingerprint density at radius 3 is 2.65 bits per heavy atom. The molecule has 2 rings (SSSR count). The van der Waals surface area contributed by atoms with Crippen LogP contribution in [-0.2, 0) is 0 Å². The molecule has 2 aromatic rings. The number of rotatable bonds is 2. The smallest absolute Gasteiger partial charge is 0.255 e. The predicted octanol–water partition coefficient (Wildman–Crippen LogP) is 3.48. The predicted molar refractivity (Wildman–Crippen MR) is 77.0 cm³/mol. The van der Waals surface area contributed by atoms with Crippen LogP contribution < -0.4 is 5.32 Å². The number of phenolic OH excluding ortho intramolecular Hbond substituents is 1. The molecule has 0 bridgehead atoms. The largest absolute Gasteiger partial charge is 0.508 e. The van der Waals surface area contributed by atoms with Crippen molar-refractivity contribution in [1.82, 2.24) is 0 Å². The Bertz CT molecular complexity index is 720. The zero-order valence-corrected chi connectivity index (χ0v) is 11.4. The number of aryl methyl sites for hydroxylation is 1. The van der Waals surface area contributed by atoms with Crippen LogP contribution in [0.1, 0.15) is 21.5 Å². The lowest BCUT2D eigenvalue weighted by Gasteiger charge is -2.09. The van der Waals surface area contributed by atoms with Crippen molar-refractivity contribution in [2.45, 2.75) is 6.92 Å². The van der Waals surface area contributed by atoms with E-state index in [1.807, 2.05) is 6.07 Å². The number of nitrogens with zero attached hydrogens (tertiary/aromatic N) is 1. The van der Waals surface area contributed by atoms with E-state index in [1.54, 1.807) is 19.1 Å². The molecule has 4 nitrogen and oxygen atoms in total. The number of nitriles is 1. The van der Waals surface area contributed by atoms with Crippen molar-refractivity contribution in [3.8, 4) is 11.8 Å². The van der Waals surface area contributed by atoms with Gasteiger partial charge < -0.3 is 10.4 Å². The molecule has 0 heterocycles. The molecule has 0 aromatic heterocycles. The van der Waals surface area contributed by atoms with Gasteiger partial charge in [0, 0.05) is 5.56 Å². The van der Waals surface area contributed by atoms with Crippen molar-refractivity contribution in [3.63, 3.8) is 0 Å². The Morgan fingerprint density at radius 1 is 1.30 bits per heavy atom. The highest BCUT2D eigenvalue weighted by Crippen LogP contribution is 2.24. The number of hydrogen-bond donors (Lipinski definition) is 2. The fourth-order valence-electron chi connectivity index (χ4n) is 1.78. The molecule has 0 aliphatic carbocycles. The number of nitrogens with one attached hydrogen (secondary N) is 1. The van der Waals surface area contributed by atoms with Gasteiger partial charge in [0.25, 0.3) is 5.91 Å². The lowest BCUT2D eigenvalue weighted by molar-refractivity contribution is 0.102. The zero-order valence-electron chi connectivity index (χ0n) is 10.6. The van der Waals surface area contributed by atoms with E-state index in [0.717, 1.165) is 0 Å². The van der Waals surface area contributed by atoms with Gasteiger partial charge in [-0.25, -0.2) is 0 Å². The second-order valence-corrected chi connectivity index (χ2v) is 4.67. The van der Waals surface area contributed by atoms with Crippen molar-refractivity contribution >= 4 is 23.2 Å². The molecule has 0 aliphatic rings. The second kappa shape index (κ2) is 5.64. The summed E-state index contributed by atoms with van der Waals surface area (Å²) in [5.74, 6) is -0.218. The molecule has 0 spiro atoms. The van der Waals surface area contributed by atoms with Crippen molar-refractivity contribution in [2.75, 3.05) is 5.32 Å². The van der Waals surface area contributed by atoms with Gasteiger partial charge in [0.1, 0.15) is 5.75 Å². The van der Waals surface area contributed by atoms with Gasteiger partial charge in [0.05, 0.1) is 22.3 Å². The van der Waals surface area contributed by atoms with Crippen LogP contribution in [0, 0.1) is 18.3 Å². The van der Waals surface area contributed by atoms with Crippen LogP contribution in [0.15, 0.2) is 36.4 Å². The van der Waals surface area contributed by atoms with Crippen LogP contribution in [0.4, 0.5) is 5.69 Å². The lowest BCUT2D eigenvalue weighted by atomic mass is 10.1. The van der Waals surface area contributed by atoms with Crippen LogP contribution in [0.5, 0.6) is 5.75 Å². The number of anilines is 1. The first-order valence-electron chi connectivity index (χ1n) is 5.82. The second-order valence-electron chi connectivity index (χ2n) is 4.26. The molecule has 20 heavy (non-hydrogen) atoms. The molecule has 0 fully saturated rings. The third-order valence-electron chi connectivity index (χ3n) is 2.80. The highest BCUT2D eigenvalue weighted by molar-refractivity contribution is 6.34. The molecule has 1 amide bonds. The van der Waals surface area contributed by atoms with E-state index >= 15 is 0 Å². The molecular weight excluding hydrogens is 276 g/mol. The molecule has 5 heteroatoms. The van der Waals surface area contributed by atoms with Gasteiger partial charge in [-0.15, -0.1) is 0 Å². The monoisotopic (exact) mass is 286 g/mol. The molecule has 0 radical (unpaired) electrons. The molecule has 100 valence electrons. The van der Waals surface area contributed by atoms with Gasteiger partial charge in [-0.1, -0.05) is 11.6 Å². The molecule has 0 aliphatic heterocycles. The minimum atomic E-state index is -0.325. The van der Waals surface area contributed by atoms with Crippen LogP contribution in [-0.4, -0.2) is 11.0 Å². The number of amides is 1. The number of phenols is 1. The summed E-state index contributed by atoms with van der Waals surface area (Å²) in [4.78, 5) is 12.1. The normalized spacial score (nSPS) is 9.85. The molecule has 2 N–H and O–H groups in total. The summed E-state index contributed by atoms with van der Waals surface area (Å²) in [6.07, 6.45) is 0. The Labute approximate surface area is 121 Å². The van der Waals surface area contributed by atoms with E-state index < -0.39 is 0 Å². The summed E-state index contributed by atoms with van der Waals surface area (Å²) in [5, 5.41) is 21.1. The van der Waals surface area contributed by atoms with Gasteiger partial charge in [-0.3, -0.25) is 4.79 Å². The minimum Gasteiger partial charge on any atom is -0.508 e. The number of aromatic hydroxyl groups is 1. The maximum atomic E-state index is 12.1. The van der Waals surface area contributed by atoms with Crippen molar-refractivity contribution < 1.29 is 9.90 Å². The summed E-state index contributed by atoms with van der Waals surface area (Å²) in [5.41, 5.74) is 1.97. The summed E-state index contributed by atoms with van der Waals surface area (Å²) >= 11 is 6.00. The first-order valence-corrected chi connectivity index (χ1v) is 6.19. The van der Waals surface area contributed by atoms with E-state index in [-0.39, 0.29) is 11.7 Å². The number of carbonyl (C=O) groups excluding carboxylic acids is 1. The maximum Gasteiger partial charge on any atom is 0.255 e. The Balaban J connectivity index is 2.26. The topological polar surface area (TPSA) is 73.1 Å². The summed E-state index contributed by atoms with van der Waals surface area (Å²) in [6, 6.07) is 11.1. The van der Waals surface area contributed by atoms with Crippen LogP contribution in [0.2, 0.25) is 5.02 Å². The van der Waals surface area contributed by atoms with Gasteiger partial charge in [0.15, 0.2) is 0 Å². The number of carbonyl (C=O) groups is 1. The quantitative estimate of drug-likeness (QED) is 0.887. The first-order chi connectivity index (χ1) is 9.51. The Morgan fingerprint density at radius 2 is 2.05 bits per heavy atom. The molecule has 0 saturated heterocycles. The Kier molecular flexibility index (Phi) is 3.92. The van der Waals surface area contributed by atoms with E-state index in [9.17, 15) is 9.90 Å². The Hall–Kier alpha value is -2.51. The standard InChI is InChI=1S/C15H11ClN2O2/c1-9-6-11(19)3-4-12(9)15(20)18-14-5-2-10(8-17)7-13(14)16/h2-7,19H,1H3,(H,18,20). The van der Waals surface area contributed by atoms with E-state index in [4.69, 9.17) is 16.9 Å². The highest BCUT2D eigenvalue weighted by atomic mass is 35.5. The van der Waals surface area contributed by atoms with Gasteiger partial charge in [-0.2, -0.15) is 5.26 Å². The van der Waals surface area contributed by atoms with E-state index in [2.05, 4.69) is 5.32 Å². The summed E-state index contributed by atoms with van der Waals surface area (Å²) in [7, 11) is 0. The fourth-order valence-corrected chi connectivity index (χ4v) is 2.01. The lowest BCUT2D eigenvalue weighted by Crippen LogP contribution is -2.13. The first kappa shape index (κ1) is 13.9. The third-order valence-corrected chi connectivity index (χ3v) is 3.11. The van der Waals surface area contributed by atoms with Crippen molar-refractivity contribution in [1.29, 1.82) is 5.26 Å². The molecular formula is C15H11ClN2O2. The van der Waals surface area contributed by atoms with Gasteiger partial charge in [-0.05, 0) is 48.9 Å². The van der Waals surface area contributed by atoms with Gasteiger partial charge >= 0.3 is 0 Å². The fraction of sp³-hybridized carbons (Fsp3) is 0.0667. The average Bonchev–Trinajstić information content (AvgIpc) is 2.40. The summed E-state index contributed by atoms with van der Waals surface area (Å²) in [6.45, 7) is 1.73. The summed E-state index contributed by atoms with van der Waals surface area (Å²) < 4.78 is 0. The molecule has 0 saturated carbocycles. The number of benzene rings is 2. The van der Waals surface area contributed by atoms with Crippen LogP contribution >= 0.6 is 11.6 Å². The van der Waals surface area contributed by atoms with E-state index in [1.165, 1.54) is 24.3 Å². The molecule has 2 aromatic carbocycles. The third kappa shape index (κ3) is 2.90. The van der Waals surface area contributed by atoms with E-state index in [0.29, 0.717) is 27.4 Å².